The average molecular weight is 348 g/mol. The van der Waals surface area contributed by atoms with Gasteiger partial charge in [-0.2, -0.15) is 0 Å². The number of hydrogen-bond donors (Lipinski definition) is 4. The van der Waals surface area contributed by atoms with Gasteiger partial charge in [-0.25, -0.2) is 0 Å². The number of aliphatic carboxylic acids is 2. The van der Waals surface area contributed by atoms with Gasteiger partial charge in [0.15, 0.2) is 0 Å². The predicted molar refractivity (Wildman–Crippen MR) is 93.9 cm³/mol. The molecule has 0 bridgehead atoms. The van der Waals surface area contributed by atoms with Crippen LogP contribution in [0.4, 0.5) is 0 Å². The van der Waals surface area contributed by atoms with Gasteiger partial charge in [-0.15, -0.1) is 0 Å². The Morgan fingerprint density at radius 3 is 1.71 bits per heavy atom. The lowest BCUT2D eigenvalue weighted by Crippen LogP contribution is -2.28. The molecule has 1 aliphatic carbocycles. The van der Waals surface area contributed by atoms with Gasteiger partial charge in [0, 0.05) is 13.8 Å². The van der Waals surface area contributed by atoms with E-state index in [1.807, 2.05) is 0 Å². The summed E-state index contributed by atoms with van der Waals surface area (Å²) in [4.78, 5) is 18.0. The molecule has 6 nitrogen and oxygen atoms in total. The summed E-state index contributed by atoms with van der Waals surface area (Å²) in [5.41, 5.74) is 0. The predicted octanol–water partition coefficient (Wildman–Crippen LogP) is 3.30. The molecule has 0 radical (unpaired) electrons. The Morgan fingerprint density at radius 2 is 1.33 bits per heavy atom. The number of carbonyl (C=O) groups is 2. The molecule has 0 aromatic heterocycles. The molecule has 0 aromatic carbocycles. The first kappa shape index (κ1) is 25.1. The third-order valence-corrected chi connectivity index (χ3v) is 3.75. The molecule has 6 heteroatoms. The molecule has 0 saturated heterocycles. The van der Waals surface area contributed by atoms with Crippen LogP contribution in [0.3, 0.4) is 0 Å². The lowest BCUT2D eigenvalue weighted by molar-refractivity contribution is -0.135. The molecule has 0 amide bonds. The van der Waals surface area contributed by atoms with E-state index < -0.39 is 24.1 Å². The van der Waals surface area contributed by atoms with Crippen molar-refractivity contribution in [3.05, 3.63) is 0 Å². The lowest BCUT2D eigenvalue weighted by atomic mass is 9.84. The third-order valence-electron chi connectivity index (χ3n) is 3.75. The highest BCUT2D eigenvalue weighted by atomic mass is 16.4. The molecule has 144 valence electrons. The molecule has 4 N–H and O–H groups in total. The van der Waals surface area contributed by atoms with Crippen LogP contribution in [0, 0.1) is 11.8 Å². The fraction of sp³-hybridized carbons (Fsp3) is 0.889. The van der Waals surface area contributed by atoms with Crippen molar-refractivity contribution in [3.63, 3.8) is 0 Å². The van der Waals surface area contributed by atoms with E-state index in [4.69, 9.17) is 19.8 Å². The summed E-state index contributed by atoms with van der Waals surface area (Å²) < 4.78 is 0. The Bertz CT molecular complexity index is 303. The van der Waals surface area contributed by atoms with Gasteiger partial charge >= 0.3 is 0 Å². The SMILES string of the molecule is CC(=O)O.CC(=O)O.CC(C)C[C@H](O)[C@H](O)CCC1CCCCC1. The van der Waals surface area contributed by atoms with E-state index in [9.17, 15) is 10.2 Å². The fourth-order valence-electron chi connectivity index (χ4n) is 2.71. The first-order valence-electron chi connectivity index (χ1n) is 8.81. The molecule has 1 aliphatic rings. The van der Waals surface area contributed by atoms with Crippen LogP contribution in [0.25, 0.3) is 0 Å². The molecule has 2 atom stereocenters. The number of aliphatic hydroxyl groups excluding tert-OH is 2. The van der Waals surface area contributed by atoms with Crippen molar-refractivity contribution in [3.8, 4) is 0 Å². The number of rotatable bonds is 6. The number of aliphatic hydroxyl groups is 2. The molecule has 1 saturated carbocycles. The minimum Gasteiger partial charge on any atom is -0.481 e. The topological polar surface area (TPSA) is 115 Å². The Balaban J connectivity index is 0. The Labute approximate surface area is 145 Å². The minimum atomic E-state index is -0.833. The average Bonchev–Trinajstić information content (AvgIpc) is 2.44. The van der Waals surface area contributed by atoms with E-state index in [0.29, 0.717) is 12.3 Å². The second-order valence-corrected chi connectivity index (χ2v) is 6.88. The number of hydrogen-bond acceptors (Lipinski definition) is 4. The Morgan fingerprint density at radius 1 is 0.917 bits per heavy atom. The van der Waals surface area contributed by atoms with Crippen LogP contribution in [0.5, 0.6) is 0 Å². The molecule has 0 aliphatic heterocycles. The van der Waals surface area contributed by atoms with Crippen LogP contribution in [0.1, 0.15) is 79.1 Å². The van der Waals surface area contributed by atoms with Crippen LogP contribution < -0.4 is 0 Å². The monoisotopic (exact) mass is 348 g/mol. The molecule has 0 aromatic rings. The van der Waals surface area contributed by atoms with Crippen LogP contribution >= 0.6 is 0 Å². The maximum atomic E-state index is 9.85. The van der Waals surface area contributed by atoms with Crippen molar-refractivity contribution in [1.29, 1.82) is 0 Å². The lowest BCUT2D eigenvalue weighted by Gasteiger charge is -2.24. The molecular formula is C18H36O6. The first-order chi connectivity index (χ1) is 11.1. The van der Waals surface area contributed by atoms with Gasteiger partial charge < -0.3 is 20.4 Å². The van der Waals surface area contributed by atoms with Crippen molar-refractivity contribution in [1.82, 2.24) is 0 Å². The summed E-state index contributed by atoms with van der Waals surface area (Å²) in [6.07, 6.45) is 8.30. The molecule has 1 rings (SSSR count). The van der Waals surface area contributed by atoms with E-state index in [1.165, 1.54) is 32.1 Å². The van der Waals surface area contributed by atoms with Gasteiger partial charge in [0.2, 0.25) is 0 Å². The molecule has 0 spiro atoms. The van der Waals surface area contributed by atoms with Gasteiger partial charge in [0.1, 0.15) is 0 Å². The third kappa shape index (κ3) is 20.9. The van der Waals surface area contributed by atoms with Crippen molar-refractivity contribution >= 4 is 11.9 Å². The van der Waals surface area contributed by atoms with Crippen LogP contribution in [0.2, 0.25) is 0 Å². The Kier molecular flexibility index (Phi) is 16.1. The molecular weight excluding hydrogens is 312 g/mol. The summed E-state index contributed by atoms with van der Waals surface area (Å²) in [7, 11) is 0. The number of carboxylic acid groups (broad SMARTS) is 2. The Hall–Kier alpha value is -1.14. The van der Waals surface area contributed by atoms with Crippen LogP contribution in [-0.4, -0.2) is 44.6 Å². The summed E-state index contributed by atoms with van der Waals surface area (Å²) >= 11 is 0. The van der Waals surface area contributed by atoms with Crippen molar-refractivity contribution in [2.75, 3.05) is 0 Å². The smallest absolute Gasteiger partial charge is 0.300 e. The van der Waals surface area contributed by atoms with E-state index >= 15 is 0 Å². The van der Waals surface area contributed by atoms with E-state index in [1.54, 1.807) is 0 Å². The zero-order valence-corrected chi connectivity index (χ0v) is 15.6. The summed E-state index contributed by atoms with van der Waals surface area (Å²) in [5, 5.41) is 34.4. The molecule has 1 fully saturated rings. The quantitative estimate of drug-likeness (QED) is 0.585. The normalized spacial score (nSPS) is 17.0. The van der Waals surface area contributed by atoms with Gasteiger partial charge in [-0.1, -0.05) is 46.0 Å². The van der Waals surface area contributed by atoms with Gasteiger partial charge in [-0.05, 0) is 31.1 Å². The zero-order chi connectivity index (χ0) is 19.1. The standard InChI is InChI=1S/C14H28O2.2C2H4O2/c1-11(2)10-14(16)13(15)9-8-12-6-4-3-5-7-12;2*1-2(3)4/h11-16H,3-10H2,1-2H3;2*1H3,(H,3,4)/t13-,14+;;/m1../s1. The summed E-state index contributed by atoms with van der Waals surface area (Å²) in [6, 6.07) is 0. The van der Waals surface area contributed by atoms with Crippen LogP contribution in [-0.2, 0) is 9.59 Å². The van der Waals surface area contributed by atoms with Crippen molar-refractivity contribution in [2.24, 2.45) is 11.8 Å². The van der Waals surface area contributed by atoms with Gasteiger partial charge in [0.05, 0.1) is 12.2 Å². The van der Waals surface area contributed by atoms with Crippen molar-refractivity contribution < 1.29 is 30.0 Å². The highest BCUT2D eigenvalue weighted by molar-refractivity contribution is 5.63. The van der Waals surface area contributed by atoms with Crippen LogP contribution in [0.15, 0.2) is 0 Å². The maximum absolute atomic E-state index is 9.85. The van der Waals surface area contributed by atoms with Crippen molar-refractivity contribution in [2.45, 2.75) is 91.3 Å². The highest BCUT2D eigenvalue weighted by Crippen LogP contribution is 2.28. The highest BCUT2D eigenvalue weighted by Gasteiger charge is 2.20. The van der Waals surface area contributed by atoms with Gasteiger partial charge in [0.25, 0.3) is 11.9 Å². The zero-order valence-electron chi connectivity index (χ0n) is 15.6. The molecule has 24 heavy (non-hydrogen) atoms. The minimum absolute atomic E-state index is 0.458. The van der Waals surface area contributed by atoms with E-state index in [0.717, 1.165) is 32.6 Å². The second kappa shape index (κ2) is 15.4. The molecule has 0 unspecified atom stereocenters. The first-order valence-corrected chi connectivity index (χ1v) is 8.81. The van der Waals surface area contributed by atoms with Gasteiger partial charge in [-0.3, -0.25) is 9.59 Å². The largest absolute Gasteiger partial charge is 0.481 e. The number of carboxylic acids is 2. The fourth-order valence-corrected chi connectivity index (χ4v) is 2.71. The van der Waals surface area contributed by atoms with E-state index in [2.05, 4.69) is 13.8 Å². The maximum Gasteiger partial charge on any atom is 0.300 e. The van der Waals surface area contributed by atoms with E-state index in [-0.39, 0.29) is 0 Å². The summed E-state index contributed by atoms with van der Waals surface area (Å²) in [5.74, 6) is -0.408. The second-order valence-electron chi connectivity index (χ2n) is 6.88. The molecule has 0 heterocycles. The summed E-state index contributed by atoms with van der Waals surface area (Å²) in [6.45, 7) is 6.33.